The number of thiophene rings is 1. The number of carbonyl (C=O) groups excluding carboxylic acids is 3. The number of piperidine rings is 3. The smallest absolute Gasteiger partial charge is 0.482 e. The summed E-state index contributed by atoms with van der Waals surface area (Å²) >= 11 is 28.0. The third kappa shape index (κ3) is 38.8. The van der Waals surface area contributed by atoms with Gasteiger partial charge in [-0.1, -0.05) is 73.3 Å². The Kier molecular flexibility index (Phi) is 46.1. The standard InChI is InChI=1S/C24H34BNO5.C19H25NO3.C14H17NO.C10H13BrN2O.C6H3BrN2.2C6H4BrNO2.C4H5BrN2.C4H3BrN2.C4H4BrNO2S2.C3H2BrNS/c1-21(2,3)29-20(27)26-14-12-24(13-15-26)16-18(17-10-8-9-11-19(17)28-24)25-30-22(4,5)23(6,7)31-25;1-14-13-19(22-16-8-6-5-7-15(14)16)9-11-20(12-10-19)17(21)23-18(2,3)4;1-11-10-14(6-8-15-9-7-14)16-13-5-3-2-4-12(11)13;1-3-13(4-2)10(14)8-5-9(11)7-12-6-8;1-8-6-3-2-5(7)4-9-6;7-5-1-4(6(9)10)2-8-3-5;7-5-3-1-2-4(8-5)6(9)10;1-7-2-4(5)6-3-7;5-4-1-6-3-7-2-4;5-3-1-2-4(9-3)10(6,7)8;4-3-5-1-2-6-3/h8-11,16H,12-15H2,1-7H3;5-8,13H,9-12H2,1-4H3;2-5,10,15H,6-9H2,1H3;5-7H,3-4H2,1-2H3;2-4H;2*1-3H,(H,9,10);2-3H,1H3;1-3H;1-2H,(H2,6,7,8);1-2H. The quantitative estimate of drug-likeness (QED) is 0.0654. The molecular formula is C100H114BBr8N15O16S3. The van der Waals surface area contributed by atoms with Crippen LogP contribution in [0.25, 0.3) is 21.5 Å². The van der Waals surface area contributed by atoms with E-state index in [1.807, 2.05) is 121 Å². The molecule has 143 heavy (non-hydrogen) atoms. The number of rotatable bonds is 7. The van der Waals surface area contributed by atoms with Crippen LogP contribution in [0.5, 0.6) is 17.2 Å². The highest BCUT2D eigenvalue weighted by molar-refractivity contribution is 9.12. The Bertz CT molecular complexity index is 6220. The second kappa shape index (κ2) is 55.4. The lowest BCUT2D eigenvalue weighted by molar-refractivity contribution is -0.00235. The molecule has 11 aromatic rings. The van der Waals surface area contributed by atoms with Gasteiger partial charge in [-0.3, -0.25) is 14.8 Å². The molecule has 4 fully saturated rings. The summed E-state index contributed by atoms with van der Waals surface area (Å²) in [6.07, 6.45) is 29.2. The number of aromatic carboxylic acids is 2. The Balaban J connectivity index is 0.000000200. The maximum Gasteiger partial charge on any atom is 0.495 e. The molecule has 5 N–H and O–H groups in total. The fourth-order valence-electron chi connectivity index (χ4n) is 14.2. The zero-order valence-electron chi connectivity index (χ0n) is 81.5. The Morgan fingerprint density at radius 3 is 1.40 bits per heavy atom. The summed E-state index contributed by atoms with van der Waals surface area (Å²) in [6, 6.07) is 39.1. The molecule has 43 heteroatoms. The molecule has 0 unspecified atom stereocenters. The van der Waals surface area contributed by atoms with Gasteiger partial charge in [-0.25, -0.2) is 57.7 Å². The maximum atomic E-state index is 12.5. The van der Waals surface area contributed by atoms with Crippen LogP contribution in [0.4, 0.5) is 15.4 Å². The molecule has 18 rings (SSSR count). The van der Waals surface area contributed by atoms with Crippen LogP contribution in [0.3, 0.4) is 0 Å². The number of carboxylic acid groups (broad SMARTS) is 2. The van der Waals surface area contributed by atoms with E-state index in [4.69, 9.17) is 54.9 Å². The lowest BCUT2D eigenvalue weighted by Crippen LogP contribution is -2.51. The van der Waals surface area contributed by atoms with Crippen LogP contribution in [-0.2, 0) is 35.9 Å². The first-order valence-electron chi connectivity index (χ1n) is 44.8. The topological polar surface area (TPSA) is 385 Å². The molecule has 0 radical (unpaired) electrons. The number of carbonyl (C=O) groups is 5. The number of fused-ring (bicyclic) bond motifs is 3. The predicted molar refractivity (Wildman–Crippen MR) is 586 cm³/mol. The number of sulfonamides is 1. The average molecular weight is 2530 g/mol. The molecule has 0 atom stereocenters. The van der Waals surface area contributed by atoms with Gasteiger partial charge >= 0.3 is 31.2 Å². The minimum absolute atomic E-state index is 0.0313. The zero-order chi connectivity index (χ0) is 105. The number of aromatic nitrogens is 9. The highest BCUT2D eigenvalue weighted by Crippen LogP contribution is 2.48. The summed E-state index contributed by atoms with van der Waals surface area (Å²) in [5.74, 6) is 1.31. The molecule has 3 amide bonds. The Labute approximate surface area is 910 Å². The minimum atomic E-state index is -3.49. The monoisotopic (exact) mass is 2520 g/mol. The fraction of sp³-hybridized carbons (Fsp3) is 0.360. The second-order valence-corrected chi connectivity index (χ2v) is 47.2. The highest BCUT2D eigenvalue weighted by Gasteiger charge is 2.55. The summed E-state index contributed by atoms with van der Waals surface area (Å²) in [6.45, 7) is 40.4. The van der Waals surface area contributed by atoms with E-state index in [1.54, 1.807) is 106 Å². The van der Waals surface area contributed by atoms with Crippen molar-refractivity contribution in [2.75, 3.05) is 52.4 Å². The lowest BCUT2D eigenvalue weighted by atomic mass is 9.69. The van der Waals surface area contributed by atoms with Crippen molar-refractivity contribution in [1.29, 1.82) is 0 Å². The van der Waals surface area contributed by atoms with E-state index in [-0.39, 0.29) is 44.8 Å². The van der Waals surface area contributed by atoms with Gasteiger partial charge in [-0.05, 0) is 333 Å². The molecule has 762 valence electrons. The van der Waals surface area contributed by atoms with Crippen molar-refractivity contribution in [3.8, 4) is 17.2 Å². The Hall–Kier alpha value is -9.37. The molecule has 3 aromatic carbocycles. The molecule has 0 bridgehead atoms. The van der Waals surface area contributed by atoms with E-state index in [1.165, 1.54) is 53.6 Å². The zero-order valence-corrected chi connectivity index (χ0v) is 96.6. The molecule has 4 saturated heterocycles. The number of nitrogens with zero attached hydrogens (tertiary/aromatic N) is 13. The number of imidazole rings is 1. The number of allylic oxidation sites excluding steroid dienone is 2. The van der Waals surface area contributed by atoms with Crippen LogP contribution in [0, 0.1) is 6.57 Å². The number of nitrogens with one attached hydrogen (secondary N) is 1. The van der Waals surface area contributed by atoms with Crippen LogP contribution < -0.4 is 24.7 Å². The van der Waals surface area contributed by atoms with Crippen LogP contribution in [0.1, 0.15) is 183 Å². The first kappa shape index (κ1) is 119. The Morgan fingerprint density at radius 1 is 0.566 bits per heavy atom. The molecule has 7 aliphatic rings. The van der Waals surface area contributed by atoms with Crippen molar-refractivity contribution in [2.45, 2.75) is 179 Å². The number of para-hydroxylation sites is 3. The number of nitrogens with two attached hydrogens (primary N) is 1. The molecule has 31 nitrogen and oxygen atoms in total. The molecule has 0 aliphatic carbocycles. The van der Waals surface area contributed by atoms with Crippen LogP contribution in [0.15, 0.2) is 258 Å². The Morgan fingerprint density at radius 2 is 1.04 bits per heavy atom. The number of primary sulfonamides is 1. The van der Waals surface area contributed by atoms with E-state index in [0.717, 1.165) is 123 Å². The van der Waals surface area contributed by atoms with Gasteiger partial charge < -0.3 is 72.6 Å². The number of thiazole rings is 1. The number of benzene rings is 3. The number of ether oxygens (including phenoxy) is 5. The molecular weight excluding hydrogens is 2410 g/mol. The first-order chi connectivity index (χ1) is 67.4. The third-order valence-corrected chi connectivity index (χ3v) is 28.8. The molecule has 3 spiro atoms. The maximum absolute atomic E-state index is 12.5. The average Bonchev–Trinajstić information content (AvgIpc) is 1.65. The summed E-state index contributed by atoms with van der Waals surface area (Å²) in [4.78, 5) is 95.9. The molecule has 15 heterocycles. The number of likely N-dealkylation sites (tertiary alicyclic amines) is 2. The first-order valence-corrected chi connectivity index (χ1v) is 54.4. The molecule has 8 aromatic heterocycles. The van der Waals surface area contributed by atoms with Gasteiger partial charge in [0.15, 0.2) is 3.92 Å². The van der Waals surface area contributed by atoms with E-state index < -0.39 is 57.1 Å². The SMILES string of the molecule is Brc1cncnc1.Brc1nccs1.CC(C)(C)OC(=O)N1CCC2(C=C(B3OC(C)(C)C(C)(C)O3)c3ccccc3O2)CC1.CC1=CC2(CCN(C(=O)OC(C)(C)C)CC2)Oc2ccccc21.CC1=CC2(CCNCC2)Oc2ccccc21.CCN(CC)C(=O)c1cncc(Br)c1.Cn1cnc(Br)c1.NS(=O)(=O)c1ccc(Br)s1.O=C(O)c1cccc(Br)n1.O=C(O)c1cncc(Br)c1.[C-]#[N+]c1ccc(Br)cn1. The predicted octanol–water partition coefficient (Wildman–Crippen LogP) is 25.0. The molecule has 0 saturated carbocycles. The van der Waals surface area contributed by atoms with Gasteiger partial charge in [0, 0.05) is 165 Å². The van der Waals surface area contributed by atoms with Gasteiger partial charge in [0.2, 0.25) is 10.0 Å². The minimum Gasteiger partial charge on any atom is -0.482 e. The van der Waals surface area contributed by atoms with Crippen LogP contribution >= 0.6 is 150 Å². The normalized spacial score (nSPS) is 15.7. The summed E-state index contributed by atoms with van der Waals surface area (Å²) in [7, 11) is -2.03. The van der Waals surface area contributed by atoms with E-state index in [0.29, 0.717) is 59.5 Å². The third-order valence-electron chi connectivity index (χ3n) is 21.8. The summed E-state index contributed by atoms with van der Waals surface area (Å²) in [5, 5.41) is 27.0. The largest absolute Gasteiger partial charge is 0.495 e. The lowest BCUT2D eigenvalue weighted by Gasteiger charge is -2.43. The van der Waals surface area contributed by atoms with Crippen molar-refractivity contribution in [3.05, 3.63) is 299 Å². The van der Waals surface area contributed by atoms with Crippen LogP contribution in [0.2, 0.25) is 0 Å². The highest BCUT2D eigenvalue weighted by atomic mass is 79.9. The van der Waals surface area contributed by atoms with Gasteiger partial charge in [-0.15, -0.1) is 27.7 Å². The van der Waals surface area contributed by atoms with Gasteiger partial charge in [0.1, 0.15) is 76.9 Å². The fourth-order valence-corrected chi connectivity index (χ4v) is 19.4. The van der Waals surface area contributed by atoms with Gasteiger partial charge in [0.05, 0.1) is 41.4 Å². The van der Waals surface area contributed by atoms with Crippen molar-refractivity contribution in [3.63, 3.8) is 0 Å². The number of aryl methyl sites for hydroxylation is 1. The summed E-state index contributed by atoms with van der Waals surface area (Å²) < 4.78 is 72.5. The van der Waals surface area contributed by atoms with Crippen LogP contribution in [-0.4, -0.2) is 206 Å². The van der Waals surface area contributed by atoms with E-state index >= 15 is 0 Å². The van der Waals surface area contributed by atoms with Gasteiger partial charge in [0.25, 0.3) is 11.7 Å². The number of amides is 3. The number of carboxylic acids is 2. The molecule has 7 aliphatic heterocycles. The van der Waals surface area contributed by atoms with E-state index in [9.17, 15) is 32.4 Å². The number of pyridine rings is 4. The van der Waals surface area contributed by atoms with Crippen molar-refractivity contribution in [2.24, 2.45) is 12.2 Å². The van der Waals surface area contributed by atoms with Crippen molar-refractivity contribution >= 4 is 220 Å². The number of hydrogen-bond donors (Lipinski definition) is 4. The van der Waals surface area contributed by atoms with Crippen molar-refractivity contribution < 1.29 is 75.6 Å². The van der Waals surface area contributed by atoms with Crippen molar-refractivity contribution in [1.82, 2.24) is 64.5 Å². The van der Waals surface area contributed by atoms with E-state index in [2.05, 4.69) is 268 Å². The van der Waals surface area contributed by atoms with Gasteiger partial charge in [-0.2, -0.15) is 0 Å². The second-order valence-electron chi connectivity index (χ2n) is 35.5. The number of hydrogen-bond acceptors (Lipinski definition) is 25. The number of halogens is 8. The summed E-state index contributed by atoms with van der Waals surface area (Å²) in [5.41, 5.74) is 5.24.